The summed E-state index contributed by atoms with van der Waals surface area (Å²) in [5.41, 5.74) is -0.789. The second kappa shape index (κ2) is 4.15. The first-order valence-corrected chi connectivity index (χ1v) is 5.47. The Morgan fingerprint density at radius 1 is 1.62 bits per heavy atom. The summed E-state index contributed by atoms with van der Waals surface area (Å²) in [4.78, 5) is 23.3. The molecule has 7 heteroatoms. The molecule has 0 saturated carbocycles. The topological polar surface area (TPSA) is 65.8 Å². The molecular weight excluding hydrogens is 280 g/mol. The molecule has 2 heterocycles. The second-order valence-corrected chi connectivity index (χ2v) is 4.38. The zero-order valence-electron chi connectivity index (χ0n) is 8.84. The Morgan fingerprint density at radius 2 is 2.25 bits per heavy atom. The first-order valence-electron chi connectivity index (χ1n) is 4.68. The quantitative estimate of drug-likeness (QED) is 0.727. The van der Waals surface area contributed by atoms with Gasteiger partial charge in [-0.2, -0.15) is 0 Å². The van der Waals surface area contributed by atoms with Gasteiger partial charge in [0.25, 0.3) is 5.56 Å². The molecule has 1 aromatic rings. The van der Waals surface area contributed by atoms with Crippen LogP contribution in [0.4, 0.5) is 0 Å². The van der Waals surface area contributed by atoms with Crippen LogP contribution in [0.2, 0.25) is 0 Å². The highest BCUT2D eigenvalue weighted by molar-refractivity contribution is 9.10. The predicted octanol–water partition coefficient (Wildman–Crippen LogP) is -0.147. The molecule has 1 aromatic heterocycles. The standard InChI is InChI=1S/C9H11BrN2O4/c1-11-7(13)5(10)3-12(9(11)14)8(15-2)6-4-16-6/h3,6,8H,4H2,1-2H3/t6-,8+/m1/s1. The highest BCUT2D eigenvalue weighted by Crippen LogP contribution is 2.24. The highest BCUT2D eigenvalue weighted by atomic mass is 79.9. The van der Waals surface area contributed by atoms with E-state index >= 15 is 0 Å². The molecule has 0 N–H and O–H groups in total. The second-order valence-electron chi connectivity index (χ2n) is 3.53. The van der Waals surface area contributed by atoms with Crippen molar-refractivity contribution in [3.8, 4) is 0 Å². The van der Waals surface area contributed by atoms with Crippen LogP contribution in [0.1, 0.15) is 6.23 Å². The summed E-state index contributed by atoms with van der Waals surface area (Å²) in [5, 5.41) is 0. The number of halogens is 1. The Morgan fingerprint density at radius 3 is 2.75 bits per heavy atom. The molecule has 0 spiro atoms. The predicted molar refractivity (Wildman–Crippen MR) is 59.4 cm³/mol. The van der Waals surface area contributed by atoms with E-state index in [1.165, 1.54) is 24.9 Å². The Kier molecular flexibility index (Phi) is 3.00. The molecule has 2 atom stereocenters. The third-order valence-electron chi connectivity index (χ3n) is 2.46. The third kappa shape index (κ3) is 1.85. The highest BCUT2D eigenvalue weighted by Gasteiger charge is 2.35. The fraction of sp³-hybridized carbons (Fsp3) is 0.556. The molecule has 1 aliphatic rings. The van der Waals surface area contributed by atoms with Crippen LogP contribution in [-0.4, -0.2) is 29.0 Å². The number of rotatable bonds is 3. The molecule has 2 rings (SSSR count). The maximum absolute atomic E-state index is 11.8. The molecule has 0 aromatic carbocycles. The molecule has 1 saturated heterocycles. The number of hydrogen-bond donors (Lipinski definition) is 0. The molecule has 88 valence electrons. The summed E-state index contributed by atoms with van der Waals surface area (Å²) in [6.07, 6.45) is 0.822. The van der Waals surface area contributed by atoms with Crippen LogP contribution in [0.3, 0.4) is 0 Å². The van der Waals surface area contributed by atoms with Gasteiger partial charge in [-0.25, -0.2) is 4.79 Å². The van der Waals surface area contributed by atoms with Crippen molar-refractivity contribution in [1.82, 2.24) is 9.13 Å². The number of methoxy groups -OCH3 is 1. The van der Waals surface area contributed by atoms with E-state index in [0.29, 0.717) is 11.1 Å². The van der Waals surface area contributed by atoms with E-state index in [-0.39, 0.29) is 11.7 Å². The summed E-state index contributed by atoms with van der Waals surface area (Å²) < 4.78 is 13.0. The van der Waals surface area contributed by atoms with E-state index in [2.05, 4.69) is 15.9 Å². The maximum Gasteiger partial charge on any atom is 0.332 e. The van der Waals surface area contributed by atoms with Gasteiger partial charge in [-0.05, 0) is 15.9 Å². The third-order valence-corrected chi connectivity index (χ3v) is 3.01. The lowest BCUT2D eigenvalue weighted by atomic mass is 10.4. The van der Waals surface area contributed by atoms with Crippen molar-refractivity contribution < 1.29 is 9.47 Å². The molecular formula is C9H11BrN2O4. The molecule has 1 aliphatic heterocycles. The van der Waals surface area contributed by atoms with Gasteiger partial charge >= 0.3 is 5.69 Å². The van der Waals surface area contributed by atoms with Gasteiger partial charge in [0.05, 0.1) is 11.1 Å². The summed E-state index contributed by atoms with van der Waals surface area (Å²) >= 11 is 3.11. The normalized spacial score (nSPS) is 20.8. The number of epoxide rings is 1. The van der Waals surface area contributed by atoms with Crippen LogP contribution in [0.5, 0.6) is 0 Å². The van der Waals surface area contributed by atoms with Gasteiger partial charge in [0.1, 0.15) is 6.10 Å². The SMILES string of the molecule is CO[C@@H]([C@H]1CO1)n1cc(Br)c(=O)n(C)c1=O. The molecule has 1 fully saturated rings. The molecule has 0 aliphatic carbocycles. The zero-order valence-corrected chi connectivity index (χ0v) is 10.4. The minimum Gasteiger partial charge on any atom is -0.368 e. The van der Waals surface area contributed by atoms with Crippen molar-refractivity contribution in [2.24, 2.45) is 7.05 Å². The van der Waals surface area contributed by atoms with Crippen molar-refractivity contribution in [3.05, 3.63) is 31.5 Å². The summed E-state index contributed by atoms with van der Waals surface area (Å²) in [6.45, 7) is 0.561. The largest absolute Gasteiger partial charge is 0.368 e. The van der Waals surface area contributed by atoms with E-state index in [0.717, 1.165) is 4.57 Å². The van der Waals surface area contributed by atoms with Gasteiger partial charge in [-0.1, -0.05) is 0 Å². The van der Waals surface area contributed by atoms with E-state index in [9.17, 15) is 9.59 Å². The van der Waals surface area contributed by atoms with Crippen molar-refractivity contribution in [3.63, 3.8) is 0 Å². The number of nitrogens with zero attached hydrogens (tertiary/aromatic N) is 2. The summed E-state index contributed by atoms with van der Waals surface area (Å²) in [5.74, 6) is 0. The van der Waals surface area contributed by atoms with Crippen LogP contribution >= 0.6 is 15.9 Å². The average molecular weight is 291 g/mol. The molecule has 16 heavy (non-hydrogen) atoms. The van der Waals surface area contributed by atoms with Crippen LogP contribution < -0.4 is 11.2 Å². The Bertz CT molecular complexity index is 517. The Balaban J connectivity index is 2.56. The van der Waals surface area contributed by atoms with Gasteiger partial charge < -0.3 is 9.47 Å². The van der Waals surface area contributed by atoms with Crippen LogP contribution in [0.15, 0.2) is 20.3 Å². The van der Waals surface area contributed by atoms with Crippen molar-refractivity contribution in [2.75, 3.05) is 13.7 Å². The number of hydrogen-bond acceptors (Lipinski definition) is 4. The van der Waals surface area contributed by atoms with Gasteiger partial charge in [0, 0.05) is 20.4 Å². The van der Waals surface area contributed by atoms with Crippen molar-refractivity contribution in [2.45, 2.75) is 12.3 Å². The van der Waals surface area contributed by atoms with E-state index < -0.39 is 11.9 Å². The van der Waals surface area contributed by atoms with E-state index in [1.807, 2.05) is 0 Å². The van der Waals surface area contributed by atoms with Gasteiger partial charge in [-0.15, -0.1) is 0 Å². The van der Waals surface area contributed by atoms with Crippen molar-refractivity contribution in [1.29, 1.82) is 0 Å². The van der Waals surface area contributed by atoms with E-state index in [4.69, 9.17) is 9.47 Å². The number of aromatic nitrogens is 2. The zero-order chi connectivity index (χ0) is 11.9. The van der Waals surface area contributed by atoms with E-state index in [1.54, 1.807) is 0 Å². The molecule has 6 nitrogen and oxygen atoms in total. The first-order chi connectivity index (χ1) is 7.56. The Hall–Kier alpha value is -0.920. The average Bonchev–Trinajstić information content (AvgIpc) is 3.08. The fourth-order valence-electron chi connectivity index (χ4n) is 1.50. The Labute approximate surface area is 99.5 Å². The van der Waals surface area contributed by atoms with Crippen LogP contribution in [0, 0.1) is 0 Å². The van der Waals surface area contributed by atoms with Crippen LogP contribution in [-0.2, 0) is 16.5 Å². The summed E-state index contributed by atoms with van der Waals surface area (Å²) in [7, 11) is 2.92. The van der Waals surface area contributed by atoms with Gasteiger partial charge in [0.2, 0.25) is 0 Å². The maximum atomic E-state index is 11.8. The lowest BCUT2D eigenvalue weighted by molar-refractivity contribution is 0.0154. The minimum atomic E-state index is -0.490. The van der Waals surface area contributed by atoms with Crippen molar-refractivity contribution >= 4 is 15.9 Å². The molecule has 0 bridgehead atoms. The van der Waals surface area contributed by atoms with Gasteiger partial charge in [0.15, 0.2) is 6.23 Å². The molecule has 0 amide bonds. The fourth-order valence-corrected chi connectivity index (χ4v) is 1.99. The lowest BCUT2D eigenvalue weighted by Crippen LogP contribution is -2.41. The van der Waals surface area contributed by atoms with Crippen LogP contribution in [0.25, 0.3) is 0 Å². The lowest BCUT2D eigenvalue weighted by Gasteiger charge is -2.16. The molecule has 0 unspecified atom stereocenters. The van der Waals surface area contributed by atoms with Gasteiger partial charge in [-0.3, -0.25) is 13.9 Å². The smallest absolute Gasteiger partial charge is 0.332 e. The first kappa shape index (κ1) is 11.6. The number of ether oxygens (including phenoxy) is 2. The monoisotopic (exact) mass is 290 g/mol. The summed E-state index contributed by atoms with van der Waals surface area (Å²) in [6, 6.07) is 0. The molecule has 0 radical (unpaired) electrons. The minimum absolute atomic E-state index is 0.118.